The number of nitrogens with two attached hydrogens (primary N) is 1. The number of aromatic amines is 2. The van der Waals surface area contributed by atoms with Crippen LogP contribution in [0.1, 0.15) is 104 Å². The average molecular weight is 1400 g/mol. The molecule has 10 rings (SSSR count). The molecule has 1 saturated carbocycles. The van der Waals surface area contributed by atoms with Gasteiger partial charge in [-0.25, -0.2) is 13.8 Å². The maximum atomic E-state index is 15.2. The third-order valence-electron chi connectivity index (χ3n) is 18.4. The molecule has 1 spiro atoms. The van der Waals surface area contributed by atoms with Crippen molar-refractivity contribution in [3.8, 4) is 5.75 Å². The lowest BCUT2D eigenvalue weighted by molar-refractivity contribution is -0.146. The normalized spacial score (nSPS) is 24.4. The number of carboxylic acid groups (broad SMARTS) is 1. The van der Waals surface area contributed by atoms with Gasteiger partial charge in [0.25, 0.3) is 0 Å². The fourth-order valence-corrected chi connectivity index (χ4v) is 14.6. The number of phenols is 1. The minimum Gasteiger partial charge on any atom is -0.508 e. The van der Waals surface area contributed by atoms with E-state index in [2.05, 4.69) is 52.2 Å². The molecule has 25 nitrogen and oxygen atoms in total. The molecule has 4 heterocycles. The number of imidazole rings is 1. The highest BCUT2D eigenvalue weighted by molar-refractivity contribution is 7.98. The highest BCUT2D eigenvalue weighted by Crippen LogP contribution is 2.37. The van der Waals surface area contributed by atoms with Gasteiger partial charge in [-0.05, 0) is 127 Å². The number of aromatic nitrogens is 3. The largest absolute Gasteiger partial charge is 0.508 e. The summed E-state index contributed by atoms with van der Waals surface area (Å²) >= 11 is 2.88. The minimum absolute atomic E-state index is 0.0508. The molecule has 29 heteroatoms. The summed E-state index contributed by atoms with van der Waals surface area (Å²) in [6.07, 6.45) is 4.50. The van der Waals surface area contributed by atoms with Crippen LogP contribution in [0.4, 0.5) is 8.78 Å². The van der Waals surface area contributed by atoms with Crippen LogP contribution in [-0.4, -0.2) is 160 Å². The SMILES string of the molecule is C[C@H]1NC(=O)C2(CC2)NC(=O)CCSCc2cccc(c2)CSC[C@@H](C(N)=O)CC(=O)[C@]2(C)CCCN2C(=O)[C@H](Cc2ccc(O)cc2)NC(=O)[C@H](Cc2cnc[nH]2)NC(=O)[C@H](CC(=O)O)NC(=O)[C@H](CC2=CCc3ccc(F)cc32)NC(=O)[C@H](Cc2c[nH]c3ccc(F)cc23)NC1=O. The Balaban J connectivity index is 0.979. The molecule has 2 bridgehead atoms. The molecule has 522 valence electrons. The Hall–Kier alpha value is -9.90. The van der Waals surface area contributed by atoms with Crippen LogP contribution in [0, 0.1) is 17.6 Å². The number of carbonyl (C=O) groups is 11. The lowest BCUT2D eigenvalue weighted by Crippen LogP contribution is -2.61. The summed E-state index contributed by atoms with van der Waals surface area (Å²) in [7, 11) is 0. The summed E-state index contributed by atoms with van der Waals surface area (Å²) in [6.45, 7) is 3.01. The number of hydrogen-bond acceptors (Lipinski definition) is 15. The molecule has 4 aromatic carbocycles. The molecule has 8 atom stereocenters. The van der Waals surface area contributed by atoms with E-state index in [0.29, 0.717) is 62.4 Å². The molecule has 9 amide bonds. The van der Waals surface area contributed by atoms with Crippen LogP contribution in [0.15, 0.2) is 110 Å². The second-order valence-electron chi connectivity index (χ2n) is 25.8. The number of allylic oxidation sites excluding steroid dienone is 1. The number of phenolic OH excluding ortho intramolecular Hbond substituents is 1. The molecule has 99 heavy (non-hydrogen) atoms. The second kappa shape index (κ2) is 31.7. The highest BCUT2D eigenvalue weighted by atomic mass is 32.2. The quantitative estimate of drug-likeness (QED) is 0.0872. The van der Waals surface area contributed by atoms with E-state index in [9.17, 15) is 52.6 Å². The number of carboxylic acids is 1. The summed E-state index contributed by atoms with van der Waals surface area (Å²) < 4.78 is 29.9. The number of aromatic hydroxyl groups is 1. The van der Waals surface area contributed by atoms with Crippen molar-refractivity contribution in [2.24, 2.45) is 11.7 Å². The molecule has 2 aliphatic carbocycles. The van der Waals surface area contributed by atoms with Gasteiger partial charge in [0, 0.05) is 97.1 Å². The zero-order valence-electron chi connectivity index (χ0n) is 54.4. The molecule has 6 aromatic rings. The molecule has 2 aromatic heterocycles. The molecule has 1 saturated heterocycles. The Kier molecular flexibility index (Phi) is 23.0. The van der Waals surface area contributed by atoms with E-state index in [0.717, 1.165) is 11.1 Å². The van der Waals surface area contributed by atoms with Crippen LogP contribution < -0.4 is 43.0 Å². The number of nitrogens with one attached hydrogen (secondary N) is 9. The fraction of sp³-hybridized carbons (Fsp3) is 0.400. The zero-order valence-corrected chi connectivity index (χ0v) is 56.0. The van der Waals surface area contributed by atoms with Gasteiger partial charge in [0.2, 0.25) is 53.2 Å². The lowest BCUT2D eigenvalue weighted by Gasteiger charge is -2.37. The number of thioether (sulfide) groups is 2. The second-order valence-corrected chi connectivity index (χ2v) is 27.9. The van der Waals surface area contributed by atoms with E-state index in [-0.39, 0.29) is 81.5 Å². The predicted molar refractivity (Wildman–Crippen MR) is 363 cm³/mol. The number of amides is 9. The monoisotopic (exact) mass is 1400 g/mol. The van der Waals surface area contributed by atoms with Crippen LogP contribution in [0.3, 0.4) is 0 Å². The van der Waals surface area contributed by atoms with Gasteiger partial charge in [0.1, 0.15) is 59.2 Å². The molecule has 2 fully saturated rings. The van der Waals surface area contributed by atoms with Crippen LogP contribution >= 0.6 is 23.5 Å². The molecule has 0 radical (unpaired) electrons. The van der Waals surface area contributed by atoms with E-state index in [4.69, 9.17) is 5.73 Å². The Bertz CT molecular complexity index is 4110. The van der Waals surface area contributed by atoms with Gasteiger partial charge in [-0.2, -0.15) is 23.5 Å². The van der Waals surface area contributed by atoms with Crippen molar-refractivity contribution < 1.29 is 71.7 Å². The maximum Gasteiger partial charge on any atom is 0.305 e. The van der Waals surface area contributed by atoms with Crippen molar-refractivity contribution >= 4 is 105 Å². The number of aliphatic carboxylic acids is 1. The zero-order chi connectivity index (χ0) is 70.7. The molecule has 0 unspecified atom stereocenters. The molecular weight excluding hydrogens is 1320 g/mol. The Morgan fingerprint density at radius 2 is 1.36 bits per heavy atom. The number of halogens is 2. The number of fused-ring (bicyclic) bond motifs is 5. The van der Waals surface area contributed by atoms with Crippen LogP contribution in [-0.2, 0) is 89.9 Å². The molecule has 4 aliphatic rings. The number of Topliss-reactive ketones (excluding diaryl/α,β-unsaturated/α-hetero) is 1. The summed E-state index contributed by atoms with van der Waals surface area (Å²) in [6, 6.07) is 11.6. The molecule has 13 N–H and O–H groups in total. The summed E-state index contributed by atoms with van der Waals surface area (Å²) in [4.78, 5) is 169. The number of primary amides is 1. The van der Waals surface area contributed by atoms with Crippen molar-refractivity contribution in [1.82, 2.24) is 57.1 Å². The van der Waals surface area contributed by atoms with Gasteiger partial charge in [-0.1, -0.05) is 48.5 Å². The topological polar surface area (TPSA) is 386 Å². The number of benzene rings is 4. The molecule has 2 aliphatic heterocycles. The van der Waals surface area contributed by atoms with Crippen molar-refractivity contribution in [2.45, 2.75) is 150 Å². The van der Waals surface area contributed by atoms with E-state index >= 15 is 19.2 Å². The Labute approximate surface area is 576 Å². The first kappa shape index (κ1) is 71.9. The Morgan fingerprint density at radius 1 is 0.717 bits per heavy atom. The van der Waals surface area contributed by atoms with Gasteiger partial charge in [0.05, 0.1) is 24.2 Å². The number of carbonyl (C=O) groups excluding carboxylic acids is 10. The Morgan fingerprint density at radius 3 is 2.05 bits per heavy atom. The third-order valence-corrected chi connectivity index (χ3v) is 20.6. The summed E-state index contributed by atoms with van der Waals surface area (Å²) in [5.41, 5.74) is 7.95. The highest BCUT2D eigenvalue weighted by Gasteiger charge is 2.52. The van der Waals surface area contributed by atoms with E-state index in [1.807, 2.05) is 24.3 Å². The summed E-state index contributed by atoms with van der Waals surface area (Å²) in [5.74, 6) is -10.6. The number of rotatable bonds is 11. The van der Waals surface area contributed by atoms with E-state index < -0.39 is 143 Å². The van der Waals surface area contributed by atoms with Crippen LogP contribution in [0.5, 0.6) is 5.75 Å². The molecular formula is C70H78F2N12O13S2. The van der Waals surface area contributed by atoms with Gasteiger partial charge < -0.3 is 68.0 Å². The number of ketones is 1. The summed E-state index contributed by atoms with van der Waals surface area (Å²) in [5, 5.41) is 39.5. The van der Waals surface area contributed by atoms with E-state index in [1.54, 1.807) is 19.1 Å². The van der Waals surface area contributed by atoms with Crippen molar-refractivity contribution in [3.63, 3.8) is 0 Å². The van der Waals surface area contributed by atoms with Crippen molar-refractivity contribution in [3.05, 3.63) is 160 Å². The fourth-order valence-electron chi connectivity index (χ4n) is 12.6. The maximum absolute atomic E-state index is 15.2. The lowest BCUT2D eigenvalue weighted by atomic mass is 9.86. The first-order valence-electron chi connectivity index (χ1n) is 32.5. The standard InChI is InChI=1S/C70H78F2N12O13S2/c1-38-62(91)78-54(26-44-32-75-52-16-13-47(72)29-51(44)52)64(93)79-53(25-43-10-9-42-11-12-46(71)28-50(42)43)63(92)81-56(31-60(88)89)66(95)80-55(30-48-33-74-37-76-48)65(94)82-57(24-39-7-14-49(85)15-8-39)67(96)84-21-4-18-69(84,2)58(86)27-45(61(73)90)36-99-35-41-6-3-5-40(23-41)34-98-22-17-59(87)83-70(19-20-70)68(97)77-38/h3,5-8,10-16,23,28-29,32-33,37-38,45,53-57,75,85H,4,9,17-22,24-27,30-31,34-36H2,1-2H3,(H2,73,90)(H,74,76)(H,77,97)(H,78,91)(H,79,93)(H,80,95)(H,81,92)(H,82,94)(H,83,87)(H,88,89)/t38-,45+,53+,54+,55+,56+,57+,69+/m1/s1. The van der Waals surface area contributed by atoms with Crippen molar-refractivity contribution in [1.29, 1.82) is 0 Å². The number of hydrogen-bond donors (Lipinski definition) is 12. The van der Waals surface area contributed by atoms with Gasteiger partial charge in [-0.3, -0.25) is 52.7 Å². The first-order valence-corrected chi connectivity index (χ1v) is 34.9. The van der Waals surface area contributed by atoms with Gasteiger partial charge in [0.15, 0.2) is 5.78 Å². The predicted octanol–water partition coefficient (Wildman–Crippen LogP) is 4.00. The number of nitrogens with zero attached hydrogens (tertiary/aromatic N) is 2. The third kappa shape index (κ3) is 18.3. The minimum atomic E-state index is -2.02. The smallest absolute Gasteiger partial charge is 0.305 e. The van der Waals surface area contributed by atoms with Crippen LogP contribution in [0.2, 0.25) is 0 Å². The van der Waals surface area contributed by atoms with E-state index in [1.165, 1.54) is 109 Å². The average Bonchev–Trinajstić information content (AvgIpc) is 1.65. The van der Waals surface area contributed by atoms with Crippen LogP contribution in [0.25, 0.3) is 16.5 Å². The number of H-pyrrole nitrogens is 2. The van der Waals surface area contributed by atoms with Crippen molar-refractivity contribution in [2.75, 3.05) is 18.1 Å². The van der Waals surface area contributed by atoms with Gasteiger partial charge >= 0.3 is 5.97 Å². The van der Waals surface area contributed by atoms with Gasteiger partial charge in [-0.15, -0.1) is 0 Å². The first-order chi connectivity index (χ1) is 47.3.